The van der Waals surface area contributed by atoms with Crippen LogP contribution in [0.5, 0.6) is 0 Å². The maximum Gasteiger partial charge on any atom is 0.472 e. The molecular formula is C41H72NO8P. The second-order valence-electron chi connectivity index (χ2n) is 12.8. The molecule has 10 heteroatoms. The number of phosphoric ester groups is 1. The largest absolute Gasteiger partial charge is 0.472 e. The van der Waals surface area contributed by atoms with Crippen molar-refractivity contribution in [2.45, 2.75) is 161 Å². The van der Waals surface area contributed by atoms with Crippen molar-refractivity contribution in [2.75, 3.05) is 26.4 Å². The van der Waals surface area contributed by atoms with Crippen molar-refractivity contribution in [3.05, 3.63) is 60.8 Å². The van der Waals surface area contributed by atoms with Crippen LogP contribution in [0.2, 0.25) is 0 Å². The van der Waals surface area contributed by atoms with Crippen LogP contribution in [0.15, 0.2) is 60.8 Å². The highest BCUT2D eigenvalue weighted by Crippen LogP contribution is 2.43. The van der Waals surface area contributed by atoms with Gasteiger partial charge in [-0.1, -0.05) is 120 Å². The third-order valence-electron chi connectivity index (χ3n) is 7.88. The van der Waals surface area contributed by atoms with E-state index in [0.29, 0.717) is 12.8 Å². The summed E-state index contributed by atoms with van der Waals surface area (Å²) < 4.78 is 32.6. The van der Waals surface area contributed by atoms with E-state index in [1.807, 2.05) is 0 Å². The maximum atomic E-state index is 12.5. The number of esters is 2. The summed E-state index contributed by atoms with van der Waals surface area (Å²) in [6.07, 6.45) is 42.5. The monoisotopic (exact) mass is 737 g/mol. The van der Waals surface area contributed by atoms with Crippen LogP contribution in [0, 0.1) is 0 Å². The minimum absolute atomic E-state index is 0.0431. The van der Waals surface area contributed by atoms with Crippen LogP contribution in [0.4, 0.5) is 0 Å². The topological polar surface area (TPSA) is 134 Å². The average Bonchev–Trinajstić information content (AvgIpc) is 3.11. The van der Waals surface area contributed by atoms with Gasteiger partial charge < -0.3 is 20.1 Å². The first-order valence-electron chi connectivity index (χ1n) is 19.8. The molecule has 0 rings (SSSR count). The Hall–Kier alpha value is -2.29. The number of carbonyl (C=O) groups excluding carboxylic acids is 2. The lowest BCUT2D eigenvalue weighted by molar-refractivity contribution is -0.161. The Kier molecular flexibility index (Phi) is 35.8. The number of phosphoric acid groups is 1. The summed E-state index contributed by atoms with van der Waals surface area (Å²) in [7, 11) is -4.39. The van der Waals surface area contributed by atoms with Gasteiger partial charge in [-0.05, 0) is 83.5 Å². The molecule has 0 aliphatic rings. The molecular weight excluding hydrogens is 665 g/mol. The Morgan fingerprint density at radius 1 is 0.588 bits per heavy atom. The molecule has 0 aliphatic carbocycles. The molecule has 0 aromatic heterocycles. The molecule has 0 bridgehead atoms. The van der Waals surface area contributed by atoms with Gasteiger partial charge in [-0.2, -0.15) is 0 Å². The molecule has 0 amide bonds. The van der Waals surface area contributed by atoms with Gasteiger partial charge in [-0.3, -0.25) is 18.6 Å². The molecule has 2 atom stereocenters. The van der Waals surface area contributed by atoms with E-state index in [-0.39, 0.29) is 32.6 Å². The van der Waals surface area contributed by atoms with Crippen molar-refractivity contribution in [1.82, 2.24) is 0 Å². The van der Waals surface area contributed by atoms with E-state index in [1.165, 1.54) is 44.9 Å². The van der Waals surface area contributed by atoms with Crippen LogP contribution in [0.3, 0.4) is 0 Å². The van der Waals surface area contributed by atoms with E-state index >= 15 is 0 Å². The number of unbranched alkanes of at least 4 members (excludes halogenated alkanes) is 13. The van der Waals surface area contributed by atoms with Gasteiger partial charge in [0.1, 0.15) is 6.61 Å². The second kappa shape index (κ2) is 37.5. The standard InChI is InChI=1S/C41H72NO8P/c1-3-5-7-9-11-13-15-17-19-21-23-25-27-29-31-33-40(43)47-37-39(38-49-51(45,46)48-36-35-42)50-41(44)34-32-30-28-26-24-22-20-18-16-14-12-10-8-6-4-2/h11-14,17-20,23,25,39H,3-10,15-16,21-22,24,26-38,42H2,1-2H3,(H,45,46)/b13-11-,14-12-,19-17-,20-18-,25-23-/t39-/m1/s1. The normalized spacial score (nSPS) is 14.0. The fourth-order valence-electron chi connectivity index (χ4n) is 4.90. The van der Waals surface area contributed by atoms with Gasteiger partial charge in [0.25, 0.3) is 0 Å². The molecule has 294 valence electrons. The van der Waals surface area contributed by atoms with Crippen LogP contribution in [0.1, 0.15) is 155 Å². The summed E-state index contributed by atoms with van der Waals surface area (Å²) in [5, 5.41) is 0. The number of carbonyl (C=O) groups is 2. The highest BCUT2D eigenvalue weighted by Gasteiger charge is 2.25. The molecule has 0 aliphatic heterocycles. The number of nitrogens with two attached hydrogens (primary N) is 1. The molecule has 0 radical (unpaired) electrons. The minimum atomic E-state index is -4.39. The van der Waals surface area contributed by atoms with Gasteiger partial charge in [0.15, 0.2) is 6.10 Å². The van der Waals surface area contributed by atoms with E-state index < -0.39 is 32.5 Å². The third-order valence-corrected chi connectivity index (χ3v) is 8.86. The summed E-state index contributed by atoms with van der Waals surface area (Å²) in [6, 6.07) is 0. The van der Waals surface area contributed by atoms with E-state index in [0.717, 1.165) is 70.6 Å². The molecule has 0 spiro atoms. The van der Waals surface area contributed by atoms with E-state index in [2.05, 4.69) is 74.6 Å². The smallest absolute Gasteiger partial charge is 0.462 e. The van der Waals surface area contributed by atoms with E-state index in [9.17, 15) is 19.0 Å². The van der Waals surface area contributed by atoms with Crippen LogP contribution < -0.4 is 5.73 Å². The second-order valence-corrected chi connectivity index (χ2v) is 14.2. The zero-order valence-corrected chi connectivity index (χ0v) is 33.0. The number of ether oxygens (including phenoxy) is 2. The van der Waals surface area contributed by atoms with Crippen molar-refractivity contribution < 1.29 is 37.6 Å². The molecule has 0 fully saturated rings. The van der Waals surface area contributed by atoms with Gasteiger partial charge in [-0.25, -0.2) is 4.57 Å². The van der Waals surface area contributed by atoms with Crippen molar-refractivity contribution in [2.24, 2.45) is 5.73 Å². The minimum Gasteiger partial charge on any atom is -0.462 e. The first-order chi connectivity index (χ1) is 24.8. The molecule has 1 unspecified atom stereocenters. The van der Waals surface area contributed by atoms with Crippen LogP contribution in [0.25, 0.3) is 0 Å². The SMILES string of the molecule is CCCCC/C=C\C/C=C\C/C=C\CCCCC(=O)OC[C@H](COP(=O)(O)OCCN)OC(=O)CCCCCCC/C=C\C/C=C\CCCCC. The summed E-state index contributed by atoms with van der Waals surface area (Å²) in [5.74, 6) is -0.896. The van der Waals surface area contributed by atoms with Crippen LogP contribution in [-0.2, 0) is 32.7 Å². The third kappa shape index (κ3) is 37.3. The number of hydrogen-bond donors (Lipinski definition) is 2. The Labute approximate surface area is 310 Å². The zero-order chi connectivity index (χ0) is 37.5. The van der Waals surface area contributed by atoms with Gasteiger partial charge in [-0.15, -0.1) is 0 Å². The highest BCUT2D eigenvalue weighted by molar-refractivity contribution is 7.47. The summed E-state index contributed by atoms with van der Waals surface area (Å²) in [6.45, 7) is 3.59. The van der Waals surface area contributed by atoms with Crippen LogP contribution >= 0.6 is 7.82 Å². The Balaban J connectivity index is 4.32. The van der Waals surface area contributed by atoms with E-state index in [4.69, 9.17) is 24.3 Å². The summed E-state index contributed by atoms with van der Waals surface area (Å²) >= 11 is 0. The predicted molar refractivity (Wildman–Crippen MR) is 210 cm³/mol. The number of rotatable bonds is 36. The first kappa shape index (κ1) is 48.7. The summed E-state index contributed by atoms with van der Waals surface area (Å²) in [4.78, 5) is 34.7. The average molecular weight is 738 g/mol. The number of allylic oxidation sites excluding steroid dienone is 10. The lowest BCUT2D eigenvalue weighted by Crippen LogP contribution is -2.29. The molecule has 3 N–H and O–H groups in total. The highest BCUT2D eigenvalue weighted by atomic mass is 31.2. The van der Waals surface area contributed by atoms with Crippen molar-refractivity contribution in [3.8, 4) is 0 Å². The lowest BCUT2D eigenvalue weighted by Gasteiger charge is -2.19. The number of hydrogen-bond acceptors (Lipinski definition) is 8. The molecule has 9 nitrogen and oxygen atoms in total. The van der Waals surface area contributed by atoms with Crippen molar-refractivity contribution >= 4 is 19.8 Å². The fourth-order valence-corrected chi connectivity index (χ4v) is 5.67. The molecule has 0 aromatic rings. The first-order valence-corrected chi connectivity index (χ1v) is 21.3. The van der Waals surface area contributed by atoms with Gasteiger partial charge in [0.05, 0.1) is 13.2 Å². The Bertz CT molecular complexity index is 1020. The Morgan fingerprint density at radius 3 is 1.55 bits per heavy atom. The van der Waals surface area contributed by atoms with Crippen LogP contribution in [-0.4, -0.2) is 49.3 Å². The van der Waals surface area contributed by atoms with Gasteiger partial charge in [0.2, 0.25) is 0 Å². The van der Waals surface area contributed by atoms with E-state index in [1.54, 1.807) is 0 Å². The molecule has 0 heterocycles. The van der Waals surface area contributed by atoms with Gasteiger partial charge >= 0.3 is 19.8 Å². The van der Waals surface area contributed by atoms with Crippen molar-refractivity contribution in [3.63, 3.8) is 0 Å². The summed E-state index contributed by atoms with van der Waals surface area (Å²) in [5.41, 5.74) is 5.33. The Morgan fingerprint density at radius 2 is 1.02 bits per heavy atom. The molecule has 51 heavy (non-hydrogen) atoms. The fraction of sp³-hybridized carbons (Fsp3) is 0.707. The molecule has 0 aromatic carbocycles. The molecule has 0 saturated heterocycles. The molecule has 0 saturated carbocycles. The zero-order valence-electron chi connectivity index (χ0n) is 32.1. The van der Waals surface area contributed by atoms with Crippen molar-refractivity contribution in [1.29, 1.82) is 0 Å². The predicted octanol–water partition coefficient (Wildman–Crippen LogP) is 10.9. The lowest BCUT2D eigenvalue weighted by atomic mass is 10.1. The van der Waals surface area contributed by atoms with Gasteiger partial charge in [0, 0.05) is 19.4 Å². The maximum absolute atomic E-state index is 12.5. The quantitative estimate of drug-likeness (QED) is 0.0279.